The van der Waals surface area contributed by atoms with Crippen LogP contribution in [0.15, 0.2) is 42.5 Å². The fourth-order valence-corrected chi connectivity index (χ4v) is 4.59. The molecule has 0 spiro atoms. The molecule has 11 heteroatoms. The number of carbonyl (C=O) groups excluding carboxylic acids is 2. The summed E-state index contributed by atoms with van der Waals surface area (Å²) in [5.41, 5.74) is 0.851. The van der Waals surface area contributed by atoms with Gasteiger partial charge in [-0.05, 0) is 43.2 Å². The monoisotopic (exact) mass is 539 g/mol. The molecule has 0 fully saturated rings. The lowest BCUT2D eigenvalue weighted by Crippen LogP contribution is -2.51. The lowest BCUT2D eigenvalue weighted by Gasteiger charge is -2.32. The van der Waals surface area contributed by atoms with Crippen LogP contribution >= 0.6 is 11.6 Å². The number of amides is 2. The van der Waals surface area contributed by atoms with Gasteiger partial charge in [0.05, 0.1) is 26.2 Å². The van der Waals surface area contributed by atoms with Crippen LogP contribution in [0.25, 0.3) is 0 Å². The van der Waals surface area contributed by atoms with Crippen LogP contribution in [0.3, 0.4) is 0 Å². The Balaban J connectivity index is 2.44. The maximum Gasteiger partial charge on any atom is 0.244 e. The van der Waals surface area contributed by atoms with Gasteiger partial charge in [0, 0.05) is 24.2 Å². The lowest BCUT2D eigenvalue weighted by atomic mass is 10.1. The molecule has 9 nitrogen and oxygen atoms in total. The minimum atomic E-state index is -3.92. The SMILES string of the molecule is CCCCNC(=O)[C@@H](C)N(Cc1cccc(Cl)c1)C(=O)CN(c1cc(OC)ccc1OC)S(C)(=O)=O. The summed E-state index contributed by atoms with van der Waals surface area (Å²) >= 11 is 6.12. The van der Waals surface area contributed by atoms with Crippen molar-refractivity contribution in [1.82, 2.24) is 10.2 Å². The smallest absolute Gasteiger partial charge is 0.244 e. The van der Waals surface area contributed by atoms with Gasteiger partial charge in [0.2, 0.25) is 21.8 Å². The highest BCUT2D eigenvalue weighted by Crippen LogP contribution is 2.34. The standard InChI is InChI=1S/C25H34ClN3O6S/c1-6-7-13-27-25(31)18(2)28(16-19-9-8-10-20(26)14-19)24(30)17-29(36(5,32)33)22-15-21(34-3)11-12-23(22)35-4/h8-12,14-15,18H,6-7,13,16-17H2,1-5H3,(H,27,31)/t18-/m1/s1. The number of methoxy groups -OCH3 is 2. The molecule has 0 heterocycles. The van der Waals surface area contributed by atoms with E-state index in [4.69, 9.17) is 21.1 Å². The van der Waals surface area contributed by atoms with Crippen molar-refractivity contribution in [1.29, 1.82) is 0 Å². The quantitative estimate of drug-likeness (QED) is 0.391. The van der Waals surface area contributed by atoms with E-state index >= 15 is 0 Å². The number of halogens is 1. The summed E-state index contributed by atoms with van der Waals surface area (Å²) in [6.45, 7) is 3.62. The second-order valence-corrected chi connectivity index (χ2v) is 10.6. The molecule has 0 bridgehead atoms. The zero-order chi connectivity index (χ0) is 26.9. The first-order valence-corrected chi connectivity index (χ1v) is 13.8. The Bertz CT molecular complexity index is 1160. The van der Waals surface area contributed by atoms with E-state index in [2.05, 4.69) is 5.32 Å². The summed E-state index contributed by atoms with van der Waals surface area (Å²) < 4.78 is 37.1. The van der Waals surface area contributed by atoms with Gasteiger partial charge in [-0.15, -0.1) is 0 Å². The van der Waals surface area contributed by atoms with E-state index in [1.807, 2.05) is 6.92 Å². The summed E-state index contributed by atoms with van der Waals surface area (Å²) in [5, 5.41) is 3.32. The molecule has 2 aromatic rings. The fraction of sp³-hybridized carbons (Fsp3) is 0.440. The van der Waals surface area contributed by atoms with E-state index < -0.39 is 28.5 Å². The normalized spacial score (nSPS) is 11.9. The van der Waals surface area contributed by atoms with Gasteiger partial charge in [-0.3, -0.25) is 13.9 Å². The number of nitrogens with zero attached hydrogens (tertiary/aromatic N) is 2. The Kier molecular flexibility index (Phi) is 10.9. The third-order valence-electron chi connectivity index (χ3n) is 5.57. The average molecular weight is 540 g/mol. The Labute approximate surface area is 218 Å². The molecule has 0 unspecified atom stereocenters. The number of nitrogens with one attached hydrogen (secondary N) is 1. The van der Waals surface area contributed by atoms with Crippen molar-refractivity contribution in [3.63, 3.8) is 0 Å². The number of rotatable bonds is 13. The predicted octanol–water partition coefficient (Wildman–Crippen LogP) is 3.46. The average Bonchev–Trinajstić information content (AvgIpc) is 2.84. The first-order valence-electron chi connectivity index (χ1n) is 11.5. The van der Waals surface area contributed by atoms with Crippen molar-refractivity contribution in [2.45, 2.75) is 39.3 Å². The predicted molar refractivity (Wildman–Crippen MR) is 141 cm³/mol. The largest absolute Gasteiger partial charge is 0.497 e. The minimum Gasteiger partial charge on any atom is -0.497 e. The van der Waals surface area contributed by atoms with Crippen LogP contribution in [0.5, 0.6) is 11.5 Å². The molecule has 0 aliphatic carbocycles. The number of anilines is 1. The van der Waals surface area contributed by atoms with Gasteiger partial charge in [-0.1, -0.05) is 37.1 Å². The van der Waals surface area contributed by atoms with Crippen LogP contribution in [-0.4, -0.2) is 64.7 Å². The van der Waals surface area contributed by atoms with Crippen molar-refractivity contribution in [2.75, 3.05) is 37.9 Å². The summed E-state index contributed by atoms with van der Waals surface area (Å²) in [7, 11) is -1.06. The Hall–Kier alpha value is -2.98. The van der Waals surface area contributed by atoms with E-state index in [0.29, 0.717) is 22.9 Å². The lowest BCUT2D eigenvalue weighted by molar-refractivity contribution is -0.139. The van der Waals surface area contributed by atoms with Gasteiger partial charge in [0.15, 0.2) is 0 Å². The molecule has 1 N–H and O–H groups in total. The van der Waals surface area contributed by atoms with Gasteiger partial charge in [-0.2, -0.15) is 0 Å². The highest BCUT2D eigenvalue weighted by Gasteiger charge is 2.31. The molecular formula is C25H34ClN3O6S. The molecule has 0 aliphatic heterocycles. The van der Waals surface area contributed by atoms with Crippen molar-refractivity contribution >= 4 is 39.1 Å². The van der Waals surface area contributed by atoms with Crippen LogP contribution in [0, 0.1) is 0 Å². The first kappa shape index (κ1) is 29.3. The topological polar surface area (TPSA) is 105 Å². The fourth-order valence-electron chi connectivity index (χ4n) is 3.54. The summed E-state index contributed by atoms with van der Waals surface area (Å²) in [4.78, 5) is 27.8. The van der Waals surface area contributed by atoms with Gasteiger partial charge in [0.1, 0.15) is 24.1 Å². The van der Waals surface area contributed by atoms with Crippen LogP contribution < -0.4 is 19.1 Å². The molecule has 0 radical (unpaired) electrons. The van der Waals surface area contributed by atoms with Crippen molar-refractivity contribution in [3.05, 3.63) is 53.1 Å². The maximum atomic E-state index is 13.6. The van der Waals surface area contributed by atoms with Crippen molar-refractivity contribution in [2.24, 2.45) is 0 Å². The zero-order valence-electron chi connectivity index (χ0n) is 21.3. The van der Waals surface area contributed by atoms with Crippen molar-refractivity contribution < 1.29 is 27.5 Å². The van der Waals surface area contributed by atoms with Crippen LogP contribution in [0.4, 0.5) is 5.69 Å². The van der Waals surface area contributed by atoms with E-state index in [-0.39, 0.29) is 23.9 Å². The van der Waals surface area contributed by atoms with Gasteiger partial charge < -0.3 is 19.7 Å². The molecule has 198 valence electrons. The second kappa shape index (κ2) is 13.4. The van der Waals surface area contributed by atoms with Gasteiger partial charge in [0.25, 0.3) is 0 Å². The Morgan fingerprint density at radius 3 is 2.42 bits per heavy atom. The Morgan fingerprint density at radius 1 is 1.11 bits per heavy atom. The molecule has 1 atom stereocenters. The van der Waals surface area contributed by atoms with Crippen LogP contribution in [0.1, 0.15) is 32.3 Å². The molecule has 2 aromatic carbocycles. The van der Waals surface area contributed by atoms with E-state index in [1.54, 1.807) is 43.3 Å². The number of ether oxygens (including phenoxy) is 2. The molecule has 0 saturated heterocycles. The summed E-state index contributed by atoms with van der Waals surface area (Å²) in [6.07, 6.45) is 2.71. The highest BCUT2D eigenvalue weighted by molar-refractivity contribution is 7.92. The molecule has 2 amide bonds. The molecule has 0 aromatic heterocycles. The molecular weight excluding hydrogens is 506 g/mol. The third-order valence-corrected chi connectivity index (χ3v) is 6.93. The van der Waals surface area contributed by atoms with E-state index in [9.17, 15) is 18.0 Å². The first-order chi connectivity index (χ1) is 17.0. The summed E-state index contributed by atoms with van der Waals surface area (Å²) in [5.74, 6) is -0.251. The van der Waals surface area contributed by atoms with Crippen molar-refractivity contribution in [3.8, 4) is 11.5 Å². The highest BCUT2D eigenvalue weighted by atomic mass is 35.5. The Morgan fingerprint density at radius 2 is 1.83 bits per heavy atom. The van der Waals surface area contributed by atoms with E-state index in [1.165, 1.54) is 25.2 Å². The van der Waals surface area contributed by atoms with E-state index in [0.717, 1.165) is 23.4 Å². The van der Waals surface area contributed by atoms with Gasteiger partial charge in [-0.25, -0.2) is 8.42 Å². The van der Waals surface area contributed by atoms with Crippen LogP contribution in [0.2, 0.25) is 5.02 Å². The number of benzene rings is 2. The number of hydrogen-bond acceptors (Lipinski definition) is 6. The molecule has 2 rings (SSSR count). The number of sulfonamides is 1. The second-order valence-electron chi connectivity index (χ2n) is 8.28. The maximum absolute atomic E-state index is 13.6. The number of hydrogen-bond donors (Lipinski definition) is 1. The molecule has 0 saturated carbocycles. The zero-order valence-corrected chi connectivity index (χ0v) is 22.9. The summed E-state index contributed by atoms with van der Waals surface area (Å²) in [6, 6.07) is 10.7. The molecule has 36 heavy (non-hydrogen) atoms. The number of unbranched alkanes of at least 4 members (excludes halogenated alkanes) is 1. The van der Waals surface area contributed by atoms with Gasteiger partial charge >= 0.3 is 0 Å². The minimum absolute atomic E-state index is 0.0641. The van der Waals surface area contributed by atoms with Crippen LogP contribution in [-0.2, 0) is 26.2 Å². The third kappa shape index (κ3) is 8.03. The number of carbonyl (C=O) groups is 2. The molecule has 0 aliphatic rings.